The standard InChI is InChI=1S/C16H19NO4/c1-10(2)13-9-17(14(18)7-8-15(19)20)12-6-4-5-11(3)16(12)21-13/h4-8,10,13H,9H2,1-3H3,(H,19,20). The van der Waals surface area contributed by atoms with E-state index in [1.54, 1.807) is 4.90 Å². The fourth-order valence-electron chi connectivity index (χ4n) is 2.26. The first-order chi connectivity index (χ1) is 9.90. The van der Waals surface area contributed by atoms with Crippen LogP contribution in [-0.4, -0.2) is 29.6 Å². The summed E-state index contributed by atoms with van der Waals surface area (Å²) in [6.07, 6.45) is 1.83. The molecule has 0 radical (unpaired) electrons. The van der Waals surface area contributed by atoms with E-state index in [2.05, 4.69) is 0 Å². The van der Waals surface area contributed by atoms with Crippen LogP contribution in [0.15, 0.2) is 30.4 Å². The van der Waals surface area contributed by atoms with Gasteiger partial charge in [-0.05, 0) is 24.5 Å². The Morgan fingerprint density at radius 2 is 2.10 bits per heavy atom. The van der Waals surface area contributed by atoms with Gasteiger partial charge in [-0.25, -0.2) is 4.79 Å². The zero-order chi connectivity index (χ0) is 15.6. The molecular formula is C16H19NO4. The Labute approximate surface area is 123 Å². The number of nitrogens with zero attached hydrogens (tertiary/aromatic N) is 1. The van der Waals surface area contributed by atoms with Gasteiger partial charge in [-0.1, -0.05) is 26.0 Å². The Morgan fingerprint density at radius 1 is 1.38 bits per heavy atom. The van der Waals surface area contributed by atoms with Crippen LogP contribution >= 0.6 is 0 Å². The maximum absolute atomic E-state index is 12.3. The quantitative estimate of drug-likeness (QED) is 0.868. The fourth-order valence-corrected chi connectivity index (χ4v) is 2.26. The van der Waals surface area contributed by atoms with Gasteiger partial charge in [-0.15, -0.1) is 0 Å². The number of carbonyl (C=O) groups excluding carboxylic acids is 1. The number of carboxylic acid groups (broad SMARTS) is 1. The number of carbonyl (C=O) groups is 2. The number of aryl methyl sites for hydroxylation is 1. The maximum Gasteiger partial charge on any atom is 0.328 e. The number of amides is 1. The third-order valence-corrected chi connectivity index (χ3v) is 3.49. The summed E-state index contributed by atoms with van der Waals surface area (Å²) in [7, 11) is 0. The van der Waals surface area contributed by atoms with E-state index in [0.29, 0.717) is 18.0 Å². The van der Waals surface area contributed by atoms with E-state index < -0.39 is 5.97 Å². The molecule has 1 aromatic rings. The van der Waals surface area contributed by atoms with Gasteiger partial charge >= 0.3 is 5.97 Å². The Kier molecular flexibility index (Phi) is 4.31. The Bertz CT molecular complexity index is 592. The zero-order valence-corrected chi connectivity index (χ0v) is 12.4. The molecule has 1 atom stereocenters. The molecule has 1 N–H and O–H groups in total. The number of para-hydroxylation sites is 1. The molecule has 0 bridgehead atoms. The van der Waals surface area contributed by atoms with Crippen molar-refractivity contribution in [3.63, 3.8) is 0 Å². The molecule has 1 unspecified atom stereocenters. The van der Waals surface area contributed by atoms with Crippen molar-refractivity contribution in [1.82, 2.24) is 0 Å². The lowest BCUT2D eigenvalue weighted by Gasteiger charge is -2.37. The smallest absolute Gasteiger partial charge is 0.328 e. The third kappa shape index (κ3) is 3.24. The highest BCUT2D eigenvalue weighted by atomic mass is 16.5. The van der Waals surface area contributed by atoms with Crippen LogP contribution in [0.5, 0.6) is 5.75 Å². The van der Waals surface area contributed by atoms with Crippen molar-refractivity contribution in [2.75, 3.05) is 11.4 Å². The molecule has 5 heteroatoms. The number of hydrogen-bond donors (Lipinski definition) is 1. The van der Waals surface area contributed by atoms with Gasteiger partial charge in [-0.2, -0.15) is 0 Å². The van der Waals surface area contributed by atoms with Crippen LogP contribution in [0.2, 0.25) is 0 Å². The molecule has 0 saturated carbocycles. The lowest BCUT2D eigenvalue weighted by atomic mass is 10.0. The number of anilines is 1. The summed E-state index contributed by atoms with van der Waals surface area (Å²) in [5.41, 5.74) is 1.64. The summed E-state index contributed by atoms with van der Waals surface area (Å²) >= 11 is 0. The molecule has 5 nitrogen and oxygen atoms in total. The molecule has 21 heavy (non-hydrogen) atoms. The van der Waals surface area contributed by atoms with E-state index in [0.717, 1.165) is 17.7 Å². The van der Waals surface area contributed by atoms with Crippen molar-refractivity contribution in [2.45, 2.75) is 26.9 Å². The summed E-state index contributed by atoms with van der Waals surface area (Å²) in [6, 6.07) is 5.59. The van der Waals surface area contributed by atoms with Crippen molar-refractivity contribution < 1.29 is 19.4 Å². The summed E-state index contributed by atoms with van der Waals surface area (Å²) in [5, 5.41) is 8.66. The minimum atomic E-state index is -1.14. The van der Waals surface area contributed by atoms with Crippen LogP contribution < -0.4 is 9.64 Å². The average molecular weight is 289 g/mol. The predicted molar refractivity (Wildman–Crippen MR) is 79.6 cm³/mol. The Balaban J connectivity index is 2.39. The average Bonchev–Trinajstić information content (AvgIpc) is 2.44. The number of benzene rings is 1. The minimum Gasteiger partial charge on any atom is -0.486 e. The molecule has 1 aromatic carbocycles. The summed E-state index contributed by atoms with van der Waals surface area (Å²) < 4.78 is 6.00. The second kappa shape index (κ2) is 5.99. The number of hydrogen-bond acceptors (Lipinski definition) is 3. The first-order valence-electron chi connectivity index (χ1n) is 6.89. The largest absolute Gasteiger partial charge is 0.486 e. The van der Waals surface area contributed by atoms with Crippen LogP contribution in [0.25, 0.3) is 0 Å². The van der Waals surface area contributed by atoms with E-state index >= 15 is 0 Å². The number of aliphatic carboxylic acids is 1. The normalized spacial score (nSPS) is 17.7. The van der Waals surface area contributed by atoms with E-state index in [1.807, 2.05) is 39.0 Å². The maximum atomic E-state index is 12.3. The number of fused-ring (bicyclic) bond motifs is 1. The molecule has 1 aliphatic heterocycles. The summed E-state index contributed by atoms with van der Waals surface area (Å²) in [5.74, 6) is -0.546. The van der Waals surface area contributed by atoms with Crippen LogP contribution in [0, 0.1) is 12.8 Å². The molecule has 0 aromatic heterocycles. The highest BCUT2D eigenvalue weighted by Crippen LogP contribution is 2.37. The third-order valence-electron chi connectivity index (χ3n) is 3.49. The van der Waals surface area contributed by atoms with E-state index in [9.17, 15) is 9.59 Å². The minimum absolute atomic E-state index is 0.110. The number of rotatable bonds is 3. The second-order valence-electron chi connectivity index (χ2n) is 5.44. The van der Waals surface area contributed by atoms with Gasteiger partial charge in [0, 0.05) is 12.2 Å². The lowest BCUT2D eigenvalue weighted by molar-refractivity contribution is -0.131. The number of ether oxygens (including phenoxy) is 1. The van der Waals surface area contributed by atoms with Crippen molar-refractivity contribution in [3.8, 4) is 5.75 Å². The molecule has 0 spiro atoms. The molecule has 1 heterocycles. The highest BCUT2D eigenvalue weighted by molar-refractivity contribution is 6.05. The number of carboxylic acids is 1. The molecular weight excluding hydrogens is 270 g/mol. The SMILES string of the molecule is Cc1cccc2c1OC(C(C)C)CN2C(=O)C=CC(=O)O. The van der Waals surface area contributed by atoms with Crippen molar-refractivity contribution in [1.29, 1.82) is 0 Å². The second-order valence-corrected chi connectivity index (χ2v) is 5.44. The van der Waals surface area contributed by atoms with Gasteiger partial charge in [-0.3, -0.25) is 4.79 Å². The Hall–Kier alpha value is -2.30. The fraction of sp³-hybridized carbons (Fsp3) is 0.375. The van der Waals surface area contributed by atoms with Crippen LogP contribution in [-0.2, 0) is 9.59 Å². The summed E-state index contributed by atoms with van der Waals surface area (Å²) in [6.45, 7) is 6.40. The van der Waals surface area contributed by atoms with Gasteiger partial charge in [0.25, 0.3) is 5.91 Å². The van der Waals surface area contributed by atoms with Gasteiger partial charge in [0.2, 0.25) is 0 Å². The summed E-state index contributed by atoms with van der Waals surface area (Å²) in [4.78, 5) is 24.4. The van der Waals surface area contributed by atoms with Gasteiger partial charge in [0.05, 0.1) is 12.2 Å². The molecule has 0 fully saturated rings. The first kappa shape index (κ1) is 15.1. The first-order valence-corrected chi connectivity index (χ1v) is 6.89. The van der Waals surface area contributed by atoms with Crippen LogP contribution in [0.3, 0.4) is 0 Å². The monoisotopic (exact) mass is 289 g/mol. The van der Waals surface area contributed by atoms with E-state index in [1.165, 1.54) is 0 Å². The van der Waals surface area contributed by atoms with Gasteiger partial charge in [0.15, 0.2) is 0 Å². The van der Waals surface area contributed by atoms with Crippen molar-refractivity contribution >= 4 is 17.6 Å². The zero-order valence-electron chi connectivity index (χ0n) is 12.4. The van der Waals surface area contributed by atoms with E-state index in [4.69, 9.17) is 9.84 Å². The van der Waals surface area contributed by atoms with Gasteiger partial charge in [0.1, 0.15) is 11.9 Å². The predicted octanol–water partition coefficient (Wildman–Crippen LogP) is 2.39. The Morgan fingerprint density at radius 3 is 2.71 bits per heavy atom. The topological polar surface area (TPSA) is 66.8 Å². The highest BCUT2D eigenvalue weighted by Gasteiger charge is 2.31. The van der Waals surface area contributed by atoms with E-state index in [-0.39, 0.29) is 17.9 Å². The molecule has 0 saturated heterocycles. The molecule has 112 valence electrons. The molecule has 0 aliphatic carbocycles. The molecule has 1 aliphatic rings. The molecule has 1 amide bonds. The molecule has 2 rings (SSSR count). The lowest BCUT2D eigenvalue weighted by Crippen LogP contribution is -2.45. The van der Waals surface area contributed by atoms with Crippen LogP contribution in [0.4, 0.5) is 5.69 Å². The van der Waals surface area contributed by atoms with Crippen molar-refractivity contribution in [3.05, 3.63) is 35.9 Å². The van der Waals surface area contributed by atoms with Crippen LogP contribution in [0.1, 0.15) is 19.4 Å². The van der Waals surface area contributed by atoms with Gasteiger partial charge < -0.3 is 14.7 Å². The van der Waals surface area contributed by atoms with Crippen molar-refractivity contribution in [2.24, 2.45) is 5.92 Å².